The molecular formula is C9H12BrClN4. The number of rotatable bonds is 2. The van der Waals surface area contributed by atoms with Crippen LogP contribution >= 0.6 is 28.3 Å². The van der Waals surface area contributed by atoms with E-state index in [-0.39, 0.29) is 18.4 Å². The smallest absolute Gasteiger partial charge is 0.211 e. The molecule has 0 saturated carbocycles. The lowest BCUT2D eigenvalue weighted by atomic mass is 10.1. The van der Waals surface area contributed by atoms with Crippen LogP contribution in [0.25, 0.3) is 0 Å². The normalized spacial score (nSPS) is 10.4. The van der Waals surface area contributed by atoms with Gasteiger partial charge in [-0.2, -0.15) is 5.10 Å². The van der Waals surface area contributed by atoms with Crippen molar-refractivity contribution >= 4 is 40.0 Å². The Bertz CT molecular complexity index is 385. The van der Waals surface area contributed by atoms with Crippen molar-refractivity contribution in [1.82, 2.24) is 0 Å². The summed E-state index contributed by atoms with van der Waals surface area (Å²) in [6.07, 6.45) is 0. The van der Waals surface area contributed by atoms with Crippen LogP contribution in [0.5, 0.6) is 0 Å². The lowest BCUT2D eigenvalue weighted by Crippen LogP contribution is -2.22. The number of nitrogens with two attached hydrogens (primary N) is 2. The van der Waals surface area contributed by atoms with Crippen molar-refractivity contribution in [3.05, 3.63) is 34.3 Å². The maximum absolute atomic E-state index is 5.17. The first-order valence-corrected chi connectivity index (χ1v) is 4.78. The van der Waals surface area contributed by atoms with E-state index in [1.54, 1.807) is 0 Å². The second-order valence-electron chi connectivity index (χ2n) is 2.69. The molecule has 0 atom stereocenters. The summed E-state index contributed by atoms with van der Waals surface area (Å²) in [5, 5.41) is 7.46. The molecule has 0 aromatic heterocycles. The van der Waals surface area contributed by atoms with Crippen LogP contribution in [0, 0.1) is 0 Å². The molecule has 15 heavy (non-hydrogen) atoms. The standard InChI is InChI=1S/C9H11BrN4.ClH/c1-6(13-14-9(11)12)7-4-2-3-5-8(7)10;/h2-5H,1H3,(H4,11,12,14);1H/b13-6+;. The summed E-state index contributed by atoms with van der Waals surface area (Å²) >= 11 is 3.41. The molecule has 0 fully saturated rings. The Kier molecular flexibility index (Phi) is 5.96. The molecule has 6 heteroatoms. The molecule has 0 saturated heterocycles. The van der Waals surface area contributed by atoms with Gasteiger partial charge in [-0.25, -0.2) is 0 Å². The first-order valence-electron chi connectivity index (χ1n) is 3.99. The van der Waals surface area contributed by atoms with E-state index in [0.717, 1.165) is 15.7 Å². The first-order chi connectivity index (χ1) is 6.61. The van der Waals surface area contributed by atoms with Gasteiger partial charge in [0, 0.05) is 10.0 Å². The molecule has 0 aliphatic carbocycles. The van der Waals surface area contributed by atoms with Crippen LogP contribution in [0.2, 0.25) is 0 Å². The van der Waals surface area contributed by atoms with Gasteiger partial charge in [-0.1, -0.05) is 34.1 Å². The van der Waals surface area contributed by atoms with Gasteiger partial charge in [0.25, 0.3) is 0 Å². The van der Waals surface area contributed by atoms with Gasteiger partial charge in [-0.05, 0) is 13.0 Å². The zero-order chi connectivity index (χ0) is 10.6. The highest BCUT2D eigenvalue weighted by atomic mass is 79.9. The third kappa shape index (κ3) is 4.31. The summed E-state index contributed by atoms with van der Waals surface area (Å²) in [6.45, 7) is 1.84. The van der Waals surface area contributed by atoms with Gasteiger partial charge in [0.1, 0.15) is 0 Å². The van der Waals surface area contributed by atoms with E-state index in [9.17, 15) is 0 Å². The molecule has 82 valence electrons. The minimum Gasteiger partial charge on any atom is -0.369 e. The summed E-state index contributed by atoms with van der Waals surface area (Å²) in [5.74, 6) is -0.0450. The third-order valence-electron chi connectivity index (χ3n) is 1.58. The molecule has 1 aromatic carbocycles. The quantitative estimate of drug-likeness (QED) is 0.496. The summed E-state index contributed by atoms with van der Waals surface area (Å²) < 4.78 is 0.965. The van der Waals surface area contributed by atoms with E-state index < -0.39 is 0 Å². The van der Waals surface area contributed by atoms with Crippen LogP contribution in [0.4, 0.5) is 0 Å². The van der Waals surface area contributed by atoms with Gasteiger partial charge in [-0.3, -0.25) is 0 Å². The number of hydrogen-bond acceptors (Lipinski definition) is 2. The van der Waals surface area contributed by atoms with Crippen LogP contribution in [0.15, 0.2) is 38.9 Å². The SMILES string of the molecule is C/C(=N\N=C(N)N)c1ccccc1Br.Cl. The van der Waals surface area contributed by atoms with Gasteiger partial charge in [0.15, 0.2) is 0 Å². The highest BCUT2D eigenvalue weighted by Gasteiger charge is 2.00. The Morgan fingerprint density at radius 2 is 1.80 bits per heavy atom. The molecular weight excluding hydrogens is 279 g/mol. The number of hydrogen-bond donors (Lipinski definition) is 2. The summed E-state index contributed by atoms with van der Waals surface area (Å²) in [7, 11) is 0. The van der Waals surface area contributed by atoms with Gasteiger partial charge >= 0.3 is 0 Å². The second-order valence-corrected chi connectivity index (χ2v) is 3.54. The van der Waals surface area contributed by atoms with Gasteiger partial charge in [-0.15, -0.1) is 17.5 Å². The van der Waals surface area contributed by atoms with Crippen molar-refractivity contribution in [2.24, 2.45) is 21.7 Å². The van der Waals surface area contributed by atoms with Crippen molar-refractivity contribution in [2.45, 2.75) is 6.92 Å². The Balaban J connectivity index is 0.00000196. The van der Waals surface area contributed by atoms with Crippen LogP contribution < -0.4 is 11.5 Å². The average molecular weight is 292 g/mol. The first kappa shape index (κ1) is 13.9. The highest BCUT2D eigenvalue weighted by molar-refractivity contribution is 9.10. The predicted octanol–water partition coefficient (Wildman–Crippen LogP) is 1.87. The average Bonchev–Trinajstić information content (AvgIpc) is 2.15. The van der Waals surface area contributed by atoms with Crippen molar-refractivity contribution in [3.63, 3.8) is 0 Å². The van der Waals surface area contributed by atoms with E-state index in [1.807, 2.05) is 31.2 Å². The molecule has 1 aromatic rings. The van der Waals surface area contributed by atoms with Crippen LogP contribution in [0.1, 0.15) is 12.5 Å². The van der Waals surface area contributed by atoms with Crippen molar-refractivity contribution in [3.8, 4) is 0 Å². The summed E-state index contributed by atoms with van der Waals surface area (Å²) in [4.78, 5) is 0. The molecule has 0 spiro atoms. The Morgan fingerprint density at radius 1 is 1.20 bits per heavy atom. The maximum atomic E-state index is 5.17. The van der Waals surface area contributed by atoms with Crippen molar-refractivity contribution in [2.75, 3.05) is 0 Å². The van der Waals surface area contributed by atoms with Crippen LogP contribution in [0.3, 0.4) is 0 Å². The monoisotopic (exact) mass is 290 g/mol. The van der Waals surface area contributed by atoms with E-state index in [0.29, 0.717) is 0 Å². The minimum atomic E-state index is -0.0450. The molecule has 0 aliphatic rings. The van der Waals surface area contributed by atoms with Gasteiger partial charge in [0.2, 0.25) is 5.96 Å². The number of benzene rings is 1. The third-order valence-corrected chi connectivity index (χ3v) is 2.27. The predicted molar refractivity (Wildman–Crippen MR) is 69.4 cm³/mol. The lowest BCUT2D eigenvalue weighted by molar-refractivity contribution is 1.19. The molecule has 4 N–H and O–H groups in total. The molecule has 0 bridgehead atoms. The molecule has 0 heterocycles. The van der Waals surface area contributed by atoms with E-state index in [2.05, 4.69) is 26.1 Å². The topological polar surface area (TPSA) is 76.8 Å². The van der Waals surface area contributed by atoms with E-state index in [1.165, 1.54) is 0 Å². The number of guanidine groups is 1. The largest absolute Gasteiger partial charge is 0.369 e. The summed E-state index contributed by atoms with van der Waals surface area (Å²) in [5.41, 5.74) is 12.1. The van der Waals surface area contributed by atoms with E-state index in [4.69, 9.17) is 11.5 Å². The van der Waals surface area contributed by atoms with Crippen LogP contribution in [-0.4, -0.2) is 11.7 Å². The summed E-state index contributed by atoms with van der Waals surface area (Å²) in [6, 6.07) is 7.73. The molecule has 4 nitrogen and oxygen atoms in total. The van der Waals surface area contributed by atoms with Crippen molar-refractivity contribution < 1.29 is 0 Å². The maximum Gasteiger partial charge on any atom is 0.211 e. The number of halogens is 2. The van der Waals surface area contributed by atoms with E-state index >= 15 is 0 Å². The zero-order valence-corrected chi connectivity index (χ0v) is 10.5. The Labute approximate surface area is 103 Å². The zero-order valence-electron chi connectivity index (χ0n) is 8.14. The fourth-order valence-electron chi connectivity index (χ4n) is 0.941. The lowest BCUT2D eigenvalue weighted by Gasteiger charge is -2.00. The van der Waals surface area contributed by atoms with Crippen molar-refractivity contribution in [1.29, 1.82) is 0 Å². The molecule has 0 amide bonds. The molecule has 0 aliphatic heterocycles. The van der Waals surface area contributed by atoms with Gasteiger partial charge < -0.3 is 11.5 Å². The molecule has 1 rings (SSSR count). The Morgan fingerprint density at radius 3 is 2.33 bits per heavy atom. The van der Waals surface area contributed by atoms with Gasteiger partial charge in [0.05, 0.1) is 5.71 Å². The Hall–Kier alpha value is -1.07. The van der Waals surface area contributed by atoms with Crippen LogP contribution in [-0.2, 0) is 0 Å². The fraction of sp³-hybridized carbons (Fsp3) is 0.111. The minimum absolute atomic E-state index is 0. The fourth-order valence-corrected chi connectivity index (χ4v) is 1.51. The number of nitrogens with zero attached hydrogens (tertiary/aromatic N) is 2. The second kappa shape index (κ2) is 6.42. The highest BCUT2D eigenvalue weighted by Crippen LogP contribution is 2.16. The molecule has 0 radical (unpaired) electrons. The molecule has 0 unspecified atom stereocenters.